The lowest BCUT2D eigenvalue weighted by Crippen LogP contribution is -2.22. The Morgan fingerprint density at radius 3 is 2.33 bits per heavy atom. The Balaban J connectivity index is 2.01. The van der Waals surface area contributed by atoms with Crippen LogP contribution in [0.25, 0.3) is 0 Å². The Morgan fingerprint density at radius 1 is 1.05 bits per heavy atom. The first kappa shape index (κ1) is 15.5. The molecule has 0 aromatic heterocycles. The Bertz CT molecular complexity index is 660. The summed E-state index contributed by atoms with van der Waals surface area (Å²) in [5.41, 5.74) is 0.169. The topological polar surface area (TPSA) is 41.1 Å². The summed E-state index contributed by atoms with van der Waals surface area (Å²) in [6, 6.07) is 8.44. The van der Waals surface area contributed by atoms with Crippen LogP contribution < -0.4 is 10.6 Å². The number of para-hydroxylation sites is 1. The second-order valence-electron chi connectivity index (χ2n) is 4.10. The SMILES string of the molecule is O=C(CNc1cccc(F)c1F)Nc1c(Cl)cccc1Cl. The van der Waals surface area contributed by atoms with E-state index in [-0.39, 0.29) is 28.0 Å². The van der Waals surface area contributed by atoms with Crippen LogP contribution >= 0.6 is 23.2 Å². The van der Waals surface area contributed by atoms with E-state index in [0.717, 1.165) is 6.07 Å². The van der Waals surface area contributed by atoms with Gasteiger partial charge < -0.3 is 10.6 Å². The average molecular weight is 331 g/mol. The van der Waals surface area contributed by atoms with Crippen molar-refractivity contribution in [2.45, 2.75) is 0 Å². The van der Waals surface area contributed by atoms with Crippen LogP contribution in [0.4, 0.5) is 20.2 Å². The van der Waals surface area contributed by atoms with E-state index < -0.39 is 17.5 Å². The van der Waals surface area contributed by atoms with Gasteiger partial charge in [0.1, 0.15) is 0 Å². The van der Waals surface area contributed by atoms with Gasteiger partial charge in [-0.3, -0.25) is 4.79 Å². The number of halogens is 4. The first-order valence-corrected chi connectivity index (χ1v) is 6.66. The fourth-order valence-electron chi connectivity index (χ4n) is 1.62. The minimum Gasteiger partial charge on any atom is -0.374 e. The van der Waals surface area contributed by atoms with Crippen LogP contribution in [0.2, 0.25) is 10.0 Å². The summed E-state index contributed by atoms with van der Waals surface area (Å²) in [6.07, 6.45) is 0. The standard InChI is InChI=1S/C14H10Cl2F2N2O/c15-8-3-1-4-9(16)14(8)20-12(21)7-19-11-6-2-5-10(17)13(11)18/h1-6,19H,7H2,(H,20,21). The molecule has 2 aromatic carbocycles. The maximum absolute atomic E-state index is 13.4. The summed E-state index contributed by atoms with van der Waals surface area (Å²) in [5.74, 6) is -2.52. The van der Waals surface area contributed by atoms with Crippen molar-refractivity contribution in [3.63, 3.8) is 0 Å². The Morgan fingerprint density at radius 2 is 1.67 bits per heavy atom. The van der Waals surface area contributed by atoms with Gasteiger partial charge in [-0.05, 0) is 24.3 Å². The molecule has 2 N–H and O–H groups in total. The van der Waals surface area contributed by atoms with Gasteiger partial charge in [-0.1, -0.05) is 35.3 Å². The minimum absolute atomic E-state index is 0.101. The molecule has 0 saturated carbocycles. The normalized spacial score (nSPS) is 10.3. The molecule has 0 bridgehead atoms. The number of hydrogen-bond donors (Lipinski definition) is 2. The lowest BCUT2D eigenvalue weighted by molar-refractivity contribution is -0.114. The van der Waals surface area contributed by atoms with E-state index in [9.17, 15) is 13.6 Å². The minimum atomic E-state index is -1.04. The highest BCUT2D eigenvalue weighted by Crippen LogP contribution is 2.29. The molecule has 0 heterocycles. The highest BCUT2D eigenvalue weighted by molar-refractivity contribution is 6.39. The van der Waals surface area contributed by atoms with Gasteiger partial charge in [0.2, 0.25) is 5.91 Å². The predicted molar refractivity (Wildman–Crippen MR) is 79.9 cm³/mol. The van der Waals surface area contributed by atoms with Crippen molar-refractivity contribution >= 4 is 40.5 Å². The van der Waals surface area contributed by atoms with E-state index in [2.05, 4.69) is 10.6 Å². The summed E-state index contributed by atoms with van der Waals surface area (Å²) in [5, 5.41) is 5.57. The summed E-state index contributed by atoms with van der Waals surface area (Å²) in [4.78, 5) is 11.8. The van der Waals surface area contributed by atoms with Gasteiger partial charge in [0, 0.05) is 0 Å². The second kappa shape index (κ2) is 6.74. The van der Waals surface area contributed by atoms with Crippen molar-refractivity contribution in [1.82, 2.24) is 0 Å². The van der Waals surface area contributed by atoms with E-state index in [1.807, 2.05) is 0 Å². The molecular formula is C14H10Cl2F2N2O. The summed E-state index contributed by atoms with van der Waals surface area (Å²) in [6.45, 7) is -0.262. The molecular weight excluding hydrogens is 321 g/mol. The monoisotopic (exact) mass is 330 g/mol. The Hall–Kier alpha value is -1.85. The van der Waals surface area contributed by atoms with Crippen molar-refractivity contribution in [3.8, 4) is 0 Å². The summed E-state index contributed by atoms with van der Waals surface area (Å²) >= 11 is 11.8. The number of anilines is 2. The zero-order chi connectivity index (χ0) is 15.4. The largest absolute Gasteiger partial charge is 0.374 e. The summed E-state index contributed by atoms with van der Waals surface area (Å²) < 4.78 is 26.4. The van der Waals surface area contributed by atoms with Gasteiger partial charge in [0.15, 0.2) is 11.6 Å². The molecule has 2 rings (SSSR count). The Kier molecular flexibility index (Phi) is 4.98. The summed E-state index contributed by atoms with van der Waals surface area (Å²) in [7, 11) is 0. The third kappa shape index (κ3) is 3.83. The van der Waals surface area contributed by atoms with E-state index in [1.165, 1.54) is 12.1 Å². The van der Waals surface area contributed by atoms with E-state index in [0.29, 0.717) is 0 Å². The van der Waals surface area contributed by atoms with Crippen molar-refractivity contribution in [1.29, 1.82) is 0 Å². The third-order valence-electron chi connectivity index (χ3n) is 2.62. The first-order valence-electron chi connectivity index (χ1n) is 5.91. The van der Waals surface area contributed by atoms with Crippen molar-refractivity contribution in [2.24, 2.45) is 0 Å². The second-order valence-corrected chi connectivity index (χ2v) is 4.91. The van der Waals surface area contributed by atoms with Gasteiger partial charge >= 0.3 is 0 Å². The number of benzene rings is 2. The molecule has 0 fully saturated rings. The van der Waals surface area contributed by atoms with Crippen LogP contribution in [-0.2, 0) is 4.79 Å². The number of carbonyl (C=O) groups excluding carboxylic acids is 1. The van der Waals surface area contributed by atoms with Crippen LogP contribution in [0.3, 0.4) is 0 Å². The van der Waals surface area contributed by atoms with Crippen LogP contribution in [-0.4, -0.2) is 12.5 Å². The molecule has 110 valence electrons. The number of nitrogens with one attached hydrogen (secondary N) is 2. The quantitative estimate of drug-likeness (QED) is 0.876. The fraction of sp³-hybridized carbons (Fsp3) is 0.0714. The molecule has 0 radical (unpaired) electrons. The van der Waals surface area contributed by atoms with E-state index in [1.54, 1.807) is 18.2 Å². The van der Waals surface area contributed by atoms with Crippen LogP contribution in [0.15, 0.2) is 36.4 Å². The van der Waals surface area contributed by atoms with Crippen LogP contribution in [0, 0.1) is 11.6 Å². The van der Waals surface area contributed by atoms with Crippen molar-refractivity contribution < 1.29 is 13.6 Å². The fourth-order valence-corrected chi connectivity index (χ4v) is 2.11. The van der Waals surface area contributed by atoms with Crippen molar-refractivity contribution in [3.05, 3.63) is 58.1 Å². The molecule has 3 nitrogen and oxygen atoms in total. The molecule has 0 atom stereocenters. The lowest BCUT2D eigenvalue weighted by Gasteiger charge is -2.11. The highest BCUT2D eigenvalue weighted by atomic mass is 35.5. The molecule has 7 heteroatoms. The maximum atomic E-state index is 13.4. The number of hydrogen-bond acceptors (Lipinski definition) is 2. The van der Waals surface area contributed by atoms with Crippen LogP contribution in [0.1, 0.15) is 0 Å². The predicted octanol–water partition coefficient (Wildman–Crippen LogP) is 4.32. The van der Waals surface area contributed by atoms with E-state index in [4.69, 9.17) is 23.2 Å². The zero-order valence-corrected chi connectivity index (χ0v) is 12.1. The van der Waals surface area contributed by atoms with Gasteiger partial charge in [-0.2, -0.15) is 0 Å². The molecule has 2 aromatic rings. The van der Waals surface area contributed by atoms with Gasteiger partial charge in [-0.25, -0.2) is 8.78 Å². The smallest absolute Gasteiger partial charge is 0.243 e. The Labute approximate surface area is 129 Å². The molecule has 0 spiro atoms. The lowest BCUT2D eigenvalue weighted by atomic mass is 10.3. The molecule has 0 aliphatic carbocycles. The molecule has 0 aliphatic heterocycles. The van der Waals surface area contributed by atoms with E-state index >= 15 is 0 Å². The molecule has 0 saturated heterocycles. The number of carbonyl (C=O) groups is 1. The average Bonchev–Trinajstić information content (AvgIpc) is 2.45. The van der Waals surface area contributed by atoms with Crippen LogP contribution in [0.5, 0.6) is 0 Å². The zero-order valence-electron chi connectivity index (χ0n) is 10.6. The maximum Gasteiger partial charge on any atom is 0.243 e. The van der Waals surface area contributed by atoms with Gasteiger partial charge in [-0.15, -0.1) is 0 Å². The molecule has 0 aliphatic rings. The van der Waals surface area contributed by atoms with Gasteiger partial charge in [0.05, 0.1) is 28.0 Å². The van der Waals surface area contributed by atoms with Crippen molar-refractivity contribution in [2.75, 3.05) is 17.2 Å². The number of amides is 1. The molecule has 21 heavy (non-hydrogen) atoms. The first-order chi connectivity index (χ1) is 9.99. The highest BCUT2D eigenvalue weighted by Gasteiger charge is 2.11. The molecule has 1 amide bonds. The third-order valence-corrected chi connectivity index (χ3v) is 3.25. The number of rotatable bonds is 4. The molecule has 0 unspecified atom stereocenters. The van der Waals surface area contributed by atoms with Gasteiger partial charge in [0.25, 0.3) is 0 Å².